The summed E-state index contributed by atoms with van der Waals surface area (Å²) >= 11 is 0. The Labute approximate surface area is 67.0 Å². The number of hydrogen-bond acceptors (Lipinski definition) is 2. The van der Waals surface area contributed by atoms with Crippen molar-refractivity contribution in [1.29, 1.82) is 0 Å². The Kier molecular flexibility index (Phi) is 4.40. The molecule has 0 bridgehead atoms. The topological polar surface area (TPSA) is 41.1 Å². The highest BCUT2D eigenvalue weighted by Crippen LogP contribution is 1.87. The van der Waals surface area contributed by atoms with Crippen molar-refractivity contribution in [3.05, 3.63) is 0 Å². The summed E-state index contributed by atoms with van der Waals surface area (Å²) in [6, 6.07) is -0.00694. The first-order valence-electron chi connectivity index (χ1n) is 3.32. The lowest BCUT2D eigenvalue weighted by atomic mass is 10.3. The molecule has 1 aliphatic rings. The third kappa shape index (κ3) is 2.54. The Bertz CT molecular complexity index is 118. The maximum Gasteiger partial charge on any atom is 0.236 e. The van der Waals surface area contributed by atoms with E-state index in [9.17, 15) is 4.79 Å². The molecular formula is C6H13ClN2O. The van der Waals surface area contributed by atoms with Crippen molar-refractivity contribution in [2.75, 3.05) is 13.1 Å². The minimum Gasteiger partial charge on any atom is -0.355 e. The largest absolute Gasteiger partial charge is 0.355 e. The zero-order chi connectivity index (χ0) is 6.69. The van der Waals surface area contributed by atoms with E-state index in [1.165, 1.54) is 0 Å². The van der Waals surface area contributed by atoms with Crippen molar-refractivity contribution >= 4 is 18.3 Å². The molecule has 1 amide bonds. The molecule has 10 heavy (non-hydrogen) atoms. The van der Waals surface area contributed by atoms with Crippen LogP contribution in [0.5, 0.6) is 0 Å². The van der Waals surface area contributed by atoms with E-state index < -0.39 is 0 Å². The van der Waals surface area contributed by atoms with Gasteiger partial charge in [-0.05, 0) is 19.9 Å². The molecule has 0 radical (unpaired) electrons. The van der Waals surface area contributed by atoms with Gasteiger partial charge < -0.3 is 10.6 Å². The van der Waals surface area contributed by atoms with Gasteiger partial charge in [0, 0.05) is 6.54 Å². The molecule has 1 saturated heterocycles. The summed E-state index contributed by atoms with van der Waals surface area (Å²) in [4.78, 5) is 10.8. The third-order valence-electron chi connectivity index (χ3n) is 1.50. The zero-order valence-corrected chi connectivity index (χ0v) is 6.83. The van der Waals surface area contributed by atoms with E-state index in [0.717, 1.165) is 19.5 Å². The number of halogens is 1. The van der Waals surface area contributed by atoms with Crippen LogP contribution in [-0.4, -0.2) is 25.0 Å². The minimum absolute atomic E-state index is 0. The van der Waals surface area contributed by atoms with Crippen LogP contribution in [0.15, 0.2) is 0 Å². The van der Waals surface area contributed by atoms with Crippen molar-refractivity contribution < 1.29 is 4.79 Å². The minimum atomic E-state index is -0.00694. The number of carbonyl (C=O) groups is 1. The summed E-state index contributed by atoms with van der Waals surface area (Å²) in [7, 11) is 0. The van der Waals surface area contributed by atoms with Crippen LogP contribution in [0.1, 0.15) is 13.3 Å². The molecule has 0 aromatic rings. The van der Waals surface area contributed by atoms with Gasteiger partial charge in [0.2, 0.25) is 5.91 Å². The molecule has 60 valence electrons. The molecule has 0 saturated carbocycles. The summed E-state index contributed by atoms with van der Waals surface area (Å²) in [6.07, 6.45) is 1.04. The average molecular weight is 165 g/mol. The highest BCUT2D eigenvalue weighted by atomic mass is 35.5. The number of amides is 1. The van der Waals surface area contributed by atoms with E-state index in [1.54, 1.807) is 0 Å². The molecule has 1 fully saturated rings. The van der Waals surface area contributed by atoms with Crippen molar-refractivity contribution in [3.8, 4) is 0 Å². The average Bonchev–Trinajstić information content (AvgIpc) is 1.99. The van der Waals surface area contributed by atoms with E-state index >= 15 is 0 Å². The fraction of sp³-hybridized carbons (Fsp3) is 0.833. The van der Waals surface area contributed by atoms with Gasteiger partial charge in [0.15, 0.2) is 0 Å². The molecule has 1 heterocycles. The molecule has 1 atom stereocenters. The van der Waals surface area contributed by atoms with Crippen LogP contribution >= 0.6 is 12.4 Å². The molecule has 1 rings (SSSR count). The van der Waals surface area contributed by atoms with Gasteiger partial charge in [-0.15, -0.1) is 12.4 Å². The summed E-state index contributed by atoms with van der Waals surface area (Å²) in [5.74, 6) is 0.118. The predicted octanol–water partition coefficient (Wildman–Crippen LogP) is -0.0938. The highest BCUT2D eigenvalue weighted by Gasteiger charge is 2.13. The van der Waals surface area contributed by atoms with Crippen LogP contribution in [0.4, 0.5) is 0 Å². The Hall–Kier alpha value is -0.280. The molecule has 1 aliphatic heterocycles. The number of nitrogens with one attached hydrogen (secondary N) is 2. The maximum atomic E-state index is 10.8. The van der Waals surface area contributed by atoms with Gasteiger partial charge in [-0.1, -0.05) is 0 Å². The standard InChI is InChI=1S/C6H12N2O.ClH/c1-5-6(9)8-4-2-3-7-5;/h5,7H,2-4H2,1H3,(H,8,9);1H/t5-;/m1./s1. The molecule has 0 aromatic carbocycles. The third-order valence-corrected chi connectivity index (χ3v) is 1.50. The van der Waals surface area contributed by atoms with Gasteiger partial charge >= 0.3 is 0 Å². The molecular weight excluding hydrogens is 152 g/mol. The fourth-order valence-corrected chi connectivity index (χ4v) is 0.864. The zero-order valence-electron chi connectivity index (χ0n) is 6.02. The first-order chi connectivity index (χ1) is 4.30. The van der Waals surface area contributed by atoms with Gasteiger partial charge in [-0.25, -0.2) is 0 Å². The lowest BCUT2D eigenvalue weighted by Crippen LogP contribution is -2.38. The van der Waals surface area contributed by atoms with Crippen molar-refractivity contribution in [2.45, 2.75) is 19.4 Å². The predicted molar refractivity (Wildman–Crippen MR) is 42.3 cm³/mol. The molecule has 0 unspecified atom stereocenters. The van der Waals surface area contributed by atoms with Crippen molar-refractivity contribution in [3.63, 3.8) is 0 Å². The van der Waals surface area contributed by atoms with Crippen molar-refractivity contribution in [1.82, 2.24) is 10.6 Å². The van der Waals surface area contributed by atoms with Crippen LogP contribution in [0.25, 0.3) is 0 Å². The smallest absolute Gasteiger partial charge is 0.236 e. The number of rotatable bonds is 0. The van der Waals surface area contributed by atoms with E-state index in [2.05, 4.69) is 10.6 Å². The molecule has 3 nitrogen and oxygen atoms in total. The second-order valence-corrected chi connectivity index (χ2v) is 2.32. The number of carbonyl (C=O) groups excluding carboxylic acids is 1. The van der Waals surface area contributed by atoms with Crippen LogP contribution in [-0.2, 0) is 4.79 Å². The van der Waals surface area contributed by atoms with Gasteiger partial charge in [-0.2, -0.15) is 0 Å². The summed E-state index contributed by atoms with van der Waals surface area (Å²) in [5.41, 5.74) is 0. The normalized spacial score (nSPS) is 26.1. The maximum absolute atomic E-state index is 10.8. The van der Waals surface area contributed by atoms with Gasteiger partial charge in [0.1, 0.15) is 0 Å². The second-order valence-electron chi connectivity index (χ2n) is 2.32. The van der Waals surface area contributed by atoms with Gasteiger partial charge in [0.05, 0.1) is 6.04 Å². The lowest BCUT2D eigenvalue weighted by molar-refractivity contribution is -0.122. The Morgan fingerprint density at radius 2 is 2.20 bits per heavy atom. The van der Waals surface area contributed by atoms with E-state index in [1.807, 2.05) is 6.92 Å². The molecule has 0 spiro atoms. The Morgan fingerprint density at radius 1 is 1.50 bits per heavy atom. The molecule has 0 aliphatic carbocycles. The molecule has 4 heteroatoms. The first kappa shape index (κ1) is 9.72. The fourth-order valence-electron chi connectivity index (χ4n) is 0.864. The second kappa shape index (κ2) is 4.52. The summed E-state index contributed by atoms with van der Waals surface area (Å²) in [5, 5.41) is 5.88. The summed E-state index contributed by atoms with van der Waals surface area (Å²) in [6.45, 7) is 3.64. The monoisotopic (exact) mass is 164 g/mol. The van der Waals surface area contributed by atoms with Crippen LogP contribution in [0, 0.1) is 0 Å². The lowest BCUT2D eigenvalue weighted by Gasteiger charge is -2.05. The summed E-state index contributed by atoms with van der Waals surface area (Å²) < 4.78 is 0. The Morgan fingerprint density at radius 3 is 2.90 bits per heavy atom. The first-order valence-corrected chi connectivity index (χ1v) is 3.32. The molecule has 2 N–H and O–H groups in total. The van der Waals surface area contributed by atoms with E-state index in [0.29, 0.717) is 0 Å². The number of hydrogen-bond donors (Lipinski definition) is 2. The van der Waals surface area contributed by atoms with Crippen LogP contribution < -0.4 is 10.6 Å². The van der Waals surface area contributed by atoms with Gasteiger partial charge in [-0.3, -0.25) is 4.79 Å². The van der Waals surface area contributed by atoms with E-state index in [4.69, 9.17) is 0 Å². The highest BCUT2D eigenvalue weighted by molar-refractivity contribution is 5.85. The Balaban J connectivity index is 0.000000810. The quantitative estimate of drug-likeness (QED) is 0.526. The molecule has 0 aromatic heterocycles. The van der Waals surface area contributed by atoms with Crippen LogP contribution in [0.2, 0.25) is 0 Å². The van der Waals surface area contributed by atoms with Crippen molar-refractivity contribution in [2.24, 2.45) is 0 Å². The van der Waals surface area contributed by atoms with Crippen LogP contribution in [0.3, 0.4) is 0 Å². The van der Waals surface area contributed by atoms with E-state index in [-0.39, 0.29) is 24.4 Å². The van der Waals surface area contributed by atoms with Gasteiger partial charge in [0.25, 0.3) is 0 Å². The SMILES string of the molecule is C[C@H]1NCCCNC1=O.Cl.